The van der Waals surface area contributed by atoms with E-state index in [4.69, 9.17) is 16.3 Å². The highest BCUT2D eigenvalue weighted by atomic mass is 35.5. The smallest absolute Gasteiger partial charge is 0.311 e. The van der Waals surface area contributed by atoms with Crippen LogP contribution < -0.4 is 9.64 Å². The molecular weight excluding hydrogens is 344 g/mol. The van der Waals surface area contributed by atoms with Crippen molar-refractivity contribution in [1.29, 1.82) is 0 Å². The standard InChI is InChI=1S/C15H10ClF2N3O3/c1-24-13-5-11-8(4-12(13)21(22)23)6-19-7-20(11)10-3-2-9(17)14(16)15(10)18/h2-6H,7H2,1H3. The zero-order chi connectivity index (χ0) is 17.4. The van der Waals surface area contributed by atoms with Crippen LogP contribution in [0.3, 0.4) is 0 Å². The normalized spacial score (nSPS) is 12.9. The van der Waals surface area contributed by atoms with E-state index in [1.54, 1.807) is 0 Å². The molecule has 3 rings (SSSR count). The molecule has 2 aromatic rings. The number of hydrogen-bond donors (Lipinski definition) is 0. The van der Waals surface area contributed by atoms with Crippen LogP contribution in [0, 0.1) is 21.7 Å². The van der Waals surface area contributed by atoms with Crippen LogP contribution in [0.5, 0.6) is 5.75 Å². The monoisotopic (exact) mass is 353 g/mol. The number of nitro groups is 1. The number of ether oxygens (including phenoxy) is 1. The van der Waals surface area contributed by atoms with Gasteiger partial charge in [0.05, 0.1) is 23.4 Å². The van der Waals surface area contributed by atoms with Crippen LogP contribution >= 0.6 is 11.6 Å². The quantitative estimate of drug-likeness (QED) is 0.474. The van der Waals surface area contributed by atoms with E-state index in [0.29, 0.717) is 11.3 Å². The third kappa shape index (κ3) is 2.54. The van der Waals surface area contributed by atoms with Gasteiger partial charge in [-0.2, -0.15) is 0 Å². The van der Waals surface area contributed by atoms with Crippen LogP contribution in [0.2, 0.25) is 5.02 Å². The molecule has 0 bridgehead atoms. The molecule has 0 spiro atoms. The lowest BCUT2D eigenvalue weighted by molar-refractivity contribution is -0.385. The van der Waals surface area contributed by atoms with Crippen molar-refractivity contribution in [1.82, 2.24) is 0 Å². The van der Waals surface area contributed by atoms with E-state index in [-0.39, 0.29) is 23.8 Å². The predicted octanol–water partition coefficient (Wildman–Crippen LogP) is 4.06. The van der Waals surface area contributed by atoms with E-state index in [0.717, 1.165) is 6.07 Å². The number of hydrogen-bond acceptors (Lipinski definition) is 5. The number of benzene rings is 2. The molecule has 0 aliphatic carbocycles. The van der Waals surface area contributed by atoms with Gasteiger partial charge in [-0.3, -0.25) is 15.1 Å². The Balaban J connectivity index is 2.18. The van der Waals surface area contributed by atoms with Crippen molar-refractivity contribution in [2.45, 2.75) is 0 Å². The molecule has 0 fully saturated rings. The third-order valence-corrected chi connectivity index (χ3v) is 3.92. The Morgan fingerprint density at radius 2 is 2.08 bits per heavy atom. The van der Waals surface area contributed by atoms with E-state index in [1.807, 2.05) is 0 Å². The molecule has 9 heteroatoms. The maximum Gasteiger partial charge on any atom is 0.311 e. The number of halogens is 3. The summed E-state index contributed by atoms with van der Waals surface area (Å²) in [6.45, 7) is 0.0485. The SMILES string of the molecule is COc1cc2c(cc1[N+](=O)[O-])C=NCN2c1ccc(F)c(Cl)c1F. The molecular formula is C15H10ClF2N3O3. The van der Waals surface area contributed by atoms with Crippen LogP contribution in [0.4, 0.5) is 25.8 Å². The van der Waals surface area contributed by atoms with Gasteiger partial charge in [-0.25, -0.2) is 8.78 Å². The van der Waals surface area contributed by atoms with Crippen molar-refractivity contribution in [3.8, 4) is 5.75 Å². The fraction of sp³-hybridized carbons (Fsp3) is 0.133. The van der Waals surface area contributed by atoms with Crippen molar-refractivity contribution < 1.29 is 18.4 Å². The van der Waals surface area contributed by atoms with Crippen LogP contribution in [0.1, 0.15) is 5.56 Å². The zero-order valence-corrected chi connectivity index (χ0v) is 13.1. The van der Waals surface area contributed by atoms with Gasteiger partial charge in [0.2, 0.25) is 0 Å². The number of fused-ring (bicyclic) bond motifs is 1. The maximum absolute atomic E-state index is 14.3. The molecule has 1 aliphatic rings. The van der Waals surface area contributed by atoms with Gasteiger partial charge < -0.3 is 9.64 Å². The molecule has 6 nitrogen and oxygen atoms in total. The summed E-state index contributed by atoms with van der Waals surface area (Å²) in [6, 6.07) is 4.97. The summed E-state index contributed by atoms with van der Waals surface area (Å²) in [6.07, 6.45) is 1.45. The number of nitrogens with zero attached hydrogens (tertiary/aromatic N) is 3. The predicted molar refractivity (Wildman–Crippen MR) is 85.6 cm³/mol. The van der Waals surface area contributed by atoms with Gasteiger partial charge in [0.25, 0.3) is 0 Å². The largest absolute Gasteiger partial charge is 0.490 e. The fourth-order valence-corrected chi connectivity index (χ4v) is 2.60. The molecule has 0 saturated carbocycles. The second-order valence-corrected chi connectivity index (χ2v) is 5.29. The van der Waals surface area contributed by atoms with Crippen molar-refractivity contribution >= 4 is 34.9 Å². The second kappa shape index (κ2) is 6.04. The highest BCUT2D eigenvalue weighted by Crippen LogP contribution is 2.40. The number of rotatable bonds is 3. The Morgan fingerprint density at radius 3 is 2.75 bits per heavy atom. The fourth-order valence-electron chi connectivity index (χ4n) is 2.44. The summed E-state index contributed by atoms with van der Waals surface area (Å²) in [4.78, 5) is 16.0. The molecule has 0 aromatic heterocycles. The Labute approximate surface area is 140 Å². The molecule has 1 aliphatic heterocycles. The van der Waals surface area contributed by atoms with E-state index >= 15 is 0 Å². The highest BCUT2D eigenvalue weighted by Gasteiger charge is 2.26. The van der Waals surface area contributed by atoms with Crippen LogP contribution in [0.15, 0.2) is 29.3 Å². The first-order valence-electron chi connectivity index (χ1n) is 6.71. The number of methoxy groups -OCH3 is 1. The van der Waals surface area contributed by atoms with Crippen molar-refractivity contribution in [3.63, 3.8) is 0 Å². The van der Waals surface area contributed by atoms with Gasteiger partial charge in [0.1, 0.15) is 17.5 Å². The minimum atomic E-state index is -0.933. The lowest BCUT2D eigenvalue weighted by atomic mass is 10.1. The lowest BCUT2D eigenvalue weighted by Crippen LogP contribution is -2.23. The minimum absolute atomic E-state index is 0.00964. The Bertz CT molecular complexity index is 874. The summed E-state index contributed by atoms with van der Waals surface area (Å²) >= 11 is 5.63. The van der Waals surface area contributed by atoms with Gasteiger partial charge in [0.15, 0.2) is 11.6 Å². The molecule has 24 heavy (non-hydrogen) atoms. The molecule has 0 unspecified atom stereocenters. The van der Waals surface area contributed by atoms with Crippen LogP contribution in [0.25, 0.3) is 0 Å². The van der Waals surface area contributed by atoms with Gasteiger partial charge in [-0.1, -0.05) is 11.6 Å². The third-order valence-electron chi connectivity index (χ3n) is 3.57. The van der Waals surface area contributed by atoms with Gasteiger partial charge in [-0.15, -0.1) is 0 Å². The summed E-state index contributed by atoms with van der Waals surface area (Å²) in [5.74, 6) is -1.79. The van der Waals surface area contributed by atoms with E-state index in [2.05, 4.69) is 4.99 Å². The van der Waals surface area contributed by atoms with Crippen LogP contribution in [-0.4, -0.2) is 24.9 Å². The maximum atomic E-state index is 14.3. The molecule has 0 atom stereocenters. The van der Waals surface area contributed by atoms with E-state index in [9.17, 15) is 18.9 Å². The van der Waals surface area contributed by atoms with Gasteiger partial charge in [0, 0.05) is 23.9 Å². The average molecular weight is 354 g/mol. The number of anilines is 2. The Morgan fingerprint density at radius 1 is 1.33 bits per heavy atom. The molecule has 0 amide bonds. The van der Waals surface area contributed by atoms with Crippen molar-refractivity contribution in [2.24, 2.45) is 4.99 Å². The van der Waals surface area contributed by atoms with Crippen molar-refractivity contribution in [3.05, 3.63) is 56.6 Å². The Hall–Kier alpha value is -2.74. The highest BCUT2D eigenvalue weighted by molar-refractivity contribution is 6.31. The van der Waals surface area contributed by atoms with E-state index < -0.39 is 21.6 Å². The summed E-state index contributed by atoms with van der Waals surface area (Å²) in [7, 11) is 1.30. The van der Waals surface area contributed by atoms with Gasteiger partial charge >= 0.3 is 5.69 Å². The molecule has 0 radical (unpaired) electrons. The minimum Gasteiger partial charge on any atom is -0.490 e. The topological polar surface area (TPSA) is 68.0 Å². The first-order valence-corrected chi connectivity index (χ1v) is 7.09. The summed E-state index contributed by atoms with van der Waals surface area (Å²) in [5, 5.41) is 10.5. The first kappa shape index (κ1) is 16.1. The average Bonchev–Trinajstić information content (AvgIpc) is 2.58. The molecule has 1 heterocycles. The van der Waals surface area contributed by atoms with Crippen LogP contribution in [-0.2, 0) is 0 Å². The molecule has 2 aromatic carbocycles. The summed E-state index contributed by atoms with van der Waals surface area (Å²) in [5.41, 5.74) is 0.625. The number of aliphatic imine (C=N–C) groups is 1. The second-order valence-electron chi connectivity index (χ2n) is 4.92. The summed E-state index contributed by atoms with van der Waals surface area (Å²) < 4.78 is 32.7. The zero-order valence-electron chi connectivity index (χ0n) is 12.3. The molecule has 0 N–H and O–H groups in total. The lowest BCUT2D eigenvalue weighted by Gasteiger charge is -2.28. The molecule has 0 saturated heterocycles. The van der Waals surface area contributed by atoms with Gasteiger partial charge in [-0.05, 0) is 12.1 Å². The van der Waals surface area contributed by atoms with Crippen molar-refractivity contribution in [2.75, 3.05) is 18.7 Å². The van der Waals surface area contributed by atoms with E-state index in [1.165, 1.54) is 36.4 Å². The Kier molecular flexibility index (Phi) is 4.06. The number of nitro benzene ring substituents is 1. The first-order chi connectivity index (χ1) is 11.4. The molecule has 124 valence electrons.